The van der Waals surface area contributed by atoms with Crippen molar-refractivity contribution in [3.8, 4) is 0 Å². The summed E-state index contributed by atoms with van der Waals surface area (Å²) in [5.41, 5.74) is -0.0323. The number of hydrogen-bond acceptors (Lipinski definition) is 5. The summed E-state index contributed by atoms with van der Waals surface area (Å²) in [4.78, 5) is 14.1. The molecule has 0 aromatic carbocycles. The van der Waals surface area contributed by atoms with Gasteiger partial charge in [0, 0.05) is 22.2 Å². The van der Waals surface area contributed by atoms with Crippen molar-refractivity contribution in [1.29, 1.82) is 0 Å². The Balaban J connectivity index is 1.58. The number of carbonyl (C=O) groups excluding carboxylic acids is 1. The second-order valence-electron chi connectivity index (χ2n) is 6.13. The number of nitrogens with zero attached hydrogens (tertiary/aromatic N) is 2. The lowest BCUT2D eigenvalue weighted by atomic mass is 10.0. The molecule has 2 N–H and O–H groups in total. The van der Waals surface area contributed by atoms with Gasteiger partial charge in [0.25, 0.3) is 5.91 Å². The summed E-state index contributed by atoms with van der Waals surface area (Å²) in [6.45, 7) is 0.312. The van der Waals surface area contributed by atoms with E-state index in [-0.39, 0.29) is 17.9 Å². The molecule has 3 aromatic rings. The van der Waals surface area contributed by atoms with Gasteiger partial charge in [-0.1, -0.05) is 12.1 Å². The molecule has 0 bridgehead atoms. The predicted molar refractivity (Wildman–Crippen MR) is 98.1 cm³/mol. The maximum Gasteiger partial charge on any atom is 0.410 e. The smallest absolute Gasteiger partial charge is 0.363 e. The molecule has 4 heterocycles. The van der Waals surface area contributed by atoms with Crippen LogP contribution in [0.2, 0.25) is 0 Å². The van der Waals surface area contributed by atoms with Crippen LogP contribution in [-0.2, 0) is 6.54 Å². The number of nitrogens with one attached hydrogen (secondary N) is 2. The Morgan fingerprint density at radius 3 is 2.74 bits per heavy atom. The standard InChI is InChI=1S/C17H15F3N4OS2/c18-17(19,20)14-7-11(13-4-2-6-27-13)22-15-8-12(23-24(14)15)16(25)21-9-10-3-1-5-26-10/h1-6,8,11,14,22H,7,9H2,(H,21,25)/t11-,14-/m0/s1. The highest BCUT2D eigenvalue weighted by atomic mass is 32.1. The van der Waals surface area contributed by atoms with Crippen LogP contribution in [0.15, 0.2) is 41.1 Å². The number of alkyl halides is 3. The molecule has 4 rings (SSSR count). The quantitative estimate of drug-likeness (QED) is 0.659. The van der Waals surface area contributed by atoms with Crippen LogP contribution in [0.4, 0.5) is 19.0 Å². The summed E-state index contributed by atoms with van der Waals surface area (Å²) < 4.78 is 41.7. The van der Waals surface area contributed by atoms with Crippen molar-refractivity contribution >= 4 is 34.4 Å². The third-order valence-corrected chi connectivity index (χ3v) is 6.17. The van der Waals surface area contributed by atoms with Crippen molar-refractivity contribution in [1.82, 2.24) is 15.1 Å². The minimum atomic E-state index is -4.46. The second kappa shape index (κ2) is 7.01. The van der Waals surface area contributed by atoms with E-state index in [1.54, 1.807) is 12.1 Å². The van der Waals surface area contributed by atoms with Gasteiger partial charge in [-0.2, -0.15) is 18.3 Å². The van der Waals surface area contributed by atoms with Gasteiger partial charge >= 0.3 is 6.18 Å². The largest absolute Gasteiger partial charge is 0.410 e. The van der Waals surface area contributed by atoms with Crippen molar-refractivity contribution < 1.29 is 18.0 Å². The molecule has 1 aliphatic heterocycles. The molecule has 0 radical (unpaired) electrons. The average Bonchev–Trinajstić information content (AvgIpc) is 3.38. The normalized spacial score (nSPS) is 19.4. The van der Waals surface area contributed by atoms with E-state index in [1.807, 2.05) is 22.9 Å². The molecule has 10 heteroatoms. The van der Waals surface area contributed by atoms with E-state index in [0.717, 1.165) is 14.4 Å². The number of anilines is 1. The Bertz CT molecular complexity index is 919. The highest BCUT2D eigenvalue weighted by molar-refractivity contribution is 7.10. The van der Waals surface area contributed by atoms with Gasteiger partial charge in [-0.15, -0.1) is 22.7 Å². The third-order valence-electron chi connectivity index (χ3n) is 4.31. The van der Waals surface area contributed by atoms with E-state index in [2.05, 4.69) is 15.7 Å². The summed E-state index contributed by atoms with van der Waals surface area (Å²) >= 11 is 2.89. The molecule has 142 valence electrons. The maximum absolute atomic E-state index is 13.6. The number of rotatable bonds is 4. The second-order valence-corrected chi connectivity index (χ2v) is 8.14. The molecule has 0 fully saturated rings. The molecule has 0 saturated heterocycles. The third kappa shape index (κ3) is 3.72. The Hall–Kier alpha value is -2.33. The Labute approximate surface area is 160 Å². The van der Waals surface area contributed by atoms with Gasteiger partial charge in [0.1, 0.15) is 5.82 Å². The zero-order valence-corrected chi connectivity index (χ0v) is 15.5. The van der Waals surface area contributed by atoms with Crippen molar-refractivity contribution in [2.24, 2.45) is 0 Å². The summed E-state index contributed by atoms with van der Waals surface area (Å²) in [7, 11) is 0. The van der Waals surface area contributed by atoms with Crippen molar-refractivity contribution in [2.75, 3.05) is 5.32 Å². The van der Waals surface area contributed by atoms with Gasteiger partial charge < -0.3 is 10.6 Å². The van der Waals surface area contributed by atoms with E-state index in [9.17, 15) is 18.0 Å². The molecule has 5 nitrogen and oxygen atoms in total. The predicted octanol–water partition coefficient (Wildman–Crippen LogP) is 4.60. The van der Waals surface area contributed by atoms with Gasteiger partial charge in [0.15, 0.2) is 11.7 Å². The fourth-order valence-electron chi connectivity index (χ4n) is 3.03. The van der Waals surface area contributed by atoms with E-state index in [4.69, 9.17) is 0 Å². The van der Waals surface area contributed by atoms with Crippen molar-refractivity contribution in [3.63, 3.8) is 0 Å². The number of fused-ring (bicyclic) bond motifs is 1. The van der Waals surface area contributed by atoms with Crippen LogP contribution in [0.1, 0.15) is 38.7 Å². The monoisotopic (exact) mass is 412 g/mol. The molecule has 0 saturated carbocycles. The van der Waals surface area contributed by atoms with Crippen LogP contribution in [0.3, 0.4) is 0 Å². The molecule has 0 spiro atoms. The number of carbonyl (C=O) groups is 1. The molecule has 0 aliphatic carbocycles. The SMILES string of the molecule is O=C(NCc1cccs1)c1cc2n(n1)[C@H](C(F)(F)F)C[C@@H](c1cccs1)N2. The van der Waals surface area contributed by atoms with Crippen LogP contribution in [-0.4, -0.2) is 21.9 Å². The number of amides is 1. The zero-order chi connectivity index (χ0) is 19.0. The summed E-state index contributed by atoms with van der Waals surface area (Å²) in [5.74, 6) is -0.302. The summed E-state index contributed by atoms with van der Waals surface area (Å²) in [6.07, 6.45) is -4.63. The minimum Gasteiger partial charge on any atom is -0.363 e. The lowest BCUT2D eigenvalue weighted by Gasteiger charge is -2.32. The number of halogens is 3. The molecule has 1 aliphatic rings. The van der Waals surface area contributed by atoms with Crippen molar-refractivity contribution in [3.05, 3.63) is 56.5 Å². The number of hydrogen-bond donors (Lipinski definition) is 2. The topological polar surface area (TPSA) is 59.0 Å². The van der Waals surface area contributed by atoms with E-state index in [1.165, 1.54) is 28.7 Å². The Kier molecular flexibility index (Phi) is 4.68. The maximum atomic E-state index is 13.6. The first-order valence-electron chi connectivity index (χ1n) is 8.18. The van der Waals surface area contributed by atoms with Gasteiger partial charge in [0.05, 0.1) is 12.6 Å². The molecule has 2 atom stereocenters. The summed E-state index contributed by atoms with van der Waals surface area (Å²) in [6, 6.07) is 6.47. The van der Waals surface area contributed by atoms with Gasteiger partial charge in [-0.25, -0.2) is 4.68 Å². The molecular formula is C17H15F3N4OS2. The number of thiophene rings is 2. The fourth-order valence-corrected chi connectivity index (χ4v) is 4.47. The zero-order valence-electron chi connectivity index (χ0n) is 13.9. The first-order valence-corrected chi connectivity index (χ1v) is 9.94. The summed E-state index contributed by atoms with van der Waals surface area (Å²) in [5, 5.41) is 13.4. The molecule has 27 heavy (non-hydrogen) atoms. The number of aromatic nitrogens is 2. The molecule has 3 aromatic heterocycles. The van der Waals surface area contributed by atoms with Crippen LogP contribution in [0, 0.1) is 0 Å². The Morgan fingerprint density at radius 2 is 2.07 bits per heavy atom. The first kappa shape index (κ1) is 18.1. The molecule has 1 amide bonds. The first-order chi connectivity index (χ1) is 12.9. The minimum absolute atomic E-state index is 0.0323. The van der Waals surface area contributed by atoms with Crippen LogP contribution in [0.25, 0.3) is 0 Å². The lowest BCUT2D eigenvalue weighted by molar-refractivity contribution is -0.173. The average molecular weight is 412 g/mol. The molecule has 0 unspecified atom stereocenters. The van der Waals surface area contributed by atoms with Crippen molar-refractivity contribution in [2.45, 2.75) is 31.2 Å². The highest BCUT2D eigenvalue weighted by Crippen LogP contribution is 2.44. The van der Waals surface area contributed by atoms with E-state index >= 15 is 0 Å². The van der Waals surface area contributed by atoms with Crippen LogP contribution in [0.5, 0.6) is 0 Å². The van der Waals surface area contributed by atoms with E-state index in [0.29, 0.717) is 6.54 Å². The van der Waals surface area contributed by atoms with Gasteiger partial charge in [0.2, 0.25) is 0 Å². The molecular weight excluding hydrogens is 397 g/mol. The Morgan fingerprint density at radius 1 is 1.30 bits per heavy atom. The highest BCUT2D eigenvalue weighted by Gasteiger charge is 2.47. The van der Waals surface area contributed by atoms with Crippen LogP contribution < -0.4 is 10.6 Å². The van der Waals surface area contributed by atoms with Crippen LogP contribution >= 0.6 is 22.7 Å². The lowest BCUT2D eigenvalue weighted by Crippen LogP contribution is -2.35. The van der Waals surface area contributed by atoms with Gasteiger partial charge in [-0.05, 0) is 22.9 Å². The fraction of sp³-hybridized carbons (Fsp3) is 0.294. The van der Waals surface area contributed by atoms with E-state index < -0.39 is 24.2 Å². The van der Waals surface area contributed by atoms with Gasteiger partial charge in [-0.3, -0.25) is 4.79 Å².